The zero-order chi connectivity index (χ0) is 12.8. The molecule has 0 aliphatic heterocycles. The zero-order valence-corrected chi connectivity index (χ0v) is 11.0. The molecule has 0 N–H and O–H groups in total. The van der Waals surface area contributed by atoms with Crippen LogP contribution in [0.4, 0.5) is 0 Å². The van der Waals surface area contributed by atoms with Crippen molar-refractivity contribution >= 4 is 6.21 Å². The maximum atomic E-state index is 4.59. The van der Waals surface area contributed by atoms with Crippen LogP contribution in [0.15, 0.2) is 59.6 Å². The van der Waals surface area contributed by atoms with E-state index in [0.717, 1.165) is 6.42 Å². The van der Waals surface area contributed by atoms with Crippen LogP contribution in [0, 0.1) is 6.92 Å². The monoisotopic (exact) mass is 237 g/mol. The number of nitrogens with zero attached hydrogens (tertiary/aromatic N) is 1. The number of rotatable bonds is 4. The van der Waals surface area contributed by atoms with Crippen LogP contribution in [0.3, 0.4) is 0 Å². The van der Waals surface area contributed by atoms with Crippen LogP contribution in [0.25, 0.3) is 0 Å². The first kappa shape index (κ1) is 12.6. The first-order valence-electron chi connectivity index (χ1n) is 6.38. The average molecular weight is 237 g/mol. The molecule has 0 radical (unpaired) electrons. The Morgan fingerprint density at radius 1 is 1.00 bits per heavy atom. The van der Waals surface area contributed by atoms with Gasteiger partial charge in [-0.25, -0.2) is 0 Å². The van der Waals surface area contributed by atoms with E-state index in [2.05, 4.69) is 67.4 Å². The molecule has 2 rings (SSSR count). The Hall–Kier alpha value is -1.89. The predicted octanol–water partition coefficient (Wildman–Crippen LogP) is 4.37. The van der Waals surface area contributed by atoms with E-state index in [0.29, 0.717) is 0 Å². The Morgan fingerprint density at radius 3 is 2.33 bits per heavy atom. The van der Waals surface area contributed by atoms with Gasteiger partial charge in [-0.3, -0.25) is 4.99 Å². The molecule has 0 bridgehead atoms. The molecular formula is C17H19N. The summed E-state index contributed by atoms with van der Waals surface area (Å²) in [5, 5.41) is 0. The van der Waals surface area contributed by atoms with Gasteiger partial charge in [0, 0.05) is 12.6 Å². The molecule has 0 amide bonds. The molecule has 0 saturated heterocycles. The highest BCUT2D eigenvalue weighted by Crippen LogP contribution is 2.16. The van der Waals surface area contributed by atoms with Gasteiger partial charge in [0.25, 0.3) is 0 Å². The van der Waals surface area contributed by atoms with Crippen molar-refractivity contribution in [3.63, 3.8) is 0 Å². The molecule has 1 atom stereocenters. The van der Waals surface area contributed by atoms with Crippen LogP contribution in [-0.2, 0) is 6.42 Å². The number of benzene rings is 2. The largest absolute Gasteiger partial charge is 0.289 e. The summed E-state index contributed by atoms with van der Waals surface area (Å²) in [5.41, 5.74) is 3.86. The van der Waals surface area contributed by atoms with Crippen LogP contribution in [0.5, 0.6) is 0 Å². The predicted molar refractivity (Wildman–Crippen MR) is 78.2 cm³/mol. The molecule has 92 valence electrons. The third-order valence-corrected chi connectivity index (χ3v) is 3.06. The smallest absolute Gasteiger partial charge is 0.0717 e. The van der Waals surface area contributed by atoms with Crippen LogP contribution >= 0.6 is 0 Å². The van der Waals surface area contributed by atoms with Crippen molar-refractivity contribution < 1.29 is 0 Å². The van der Waals surface area contributed by atoms with Crippen molar-refractivity contribution in [1.29, 1.82) is 0 Å². The Kier molecular flexibility index (Phi) is 4.30. The van der Waals surface area contributed by atoms with Gasteiger partial charge in [0.2, 0.25) is 0 Å². The third-order valence-electron chi connectivity index (χ3n) is 3.06. The van der Waals surface area contributed by atoms with Crippen molar-refractivity contribution in [2.45, 2.75) is 26.3 Å². The summed E-state index contributed by atoms with van der Waals surface area (Å²) in [7, 11) is 0. The molecule has 2 aromatic carbocycles. The van der Waals surface area contributed by atoms with E-state index in [4.69, 9.17) is 0 Å². The van der Waals surface area contributed by atoms with Gasteiger partial charge < -0.3 is 0 Å². The molecular weight excluding hydrogens is 218 g/mol. The fourth-order valence-corrected chi connectivity index (χ4v) is 1.86. The molecule has 0 aliphatic rings. The van der Waals surface area contributed by atoms with Gasteiger partial charge in [0.05, 0.1) is 6.04 Å². The number of aryl methyl sites for hydroxylation is 1. The molecule has 1 heteroatoms. The van der Waals surface area contributed by atoms with Gasteiger partial charge in [-0.1, -0.05) is 60.2 Å². The summed E-state index contributed by atoms with van der Waals surface area (Å²) in [5.74, 6) is 0. The first-order chi connectivity index (χ1) is 8.75. The van der Waals surface area contributed by atoms with E-state index in [1.54, 1.807) is 0 Å². The normalized spacial score (nSPS) is 12.8. The van der Waals surface area contributed by atoms with Gasteiger partial charge in [0.1, 0.15) is 0 Å². The van der Waals surface area contributed by atoms with Crippen molar-refractivity contribution in [1.82, 2.24) is 0 Å². The molecule has 0 fully saturated rings. The lowest BCUT2D eigenvalue weighted by Gasteiger charge is -2.06. The van der Waals surface area contributed by atoms with E-state index in [1.807, 2.05) is 12.3 Å². The Balaban J connectivity index is 1.95. The highest BCUT2D eigenvalue weighted by atomic mass is 14.7. The fraction of sp³-hybridized carbons (Fsp3) is 0.235. The van der Waals surface area contributed by atoms with E-state index >= 15 is 0 Å². The van der Waals surface area contributed by atoms with E-state index in [1.165, 1.54) is 16.7 Å². The summed E-state index contributed by atoms with van der Waals surface area (Å²) in [4.78, 5) is 4.59. The van der Waals surface area contributed by atoms with Crippen molar-refractivity contribution in [3.8, 4) is 0 Å². The number of aliphatic imine (C=N–C) groups is 1. The lowest BCUT2D eigenvalue weighted by atomic mass is 10.1. The molecule has 0 heterocycles. The zero-order valence-electron chi connectivity index (χ0n) is 11.0. The molecule has 0 aromatic heterocycles. The second-order valence-corrected chi connectivity index (χ2v) is 4.61. The van der Waals surface area contributed by atoms with Crippen LogP contribution < -0.4 is 0 Å². The summed E-state index contributed by atoms with van der Waals surface area (Å²) in [6, 6.07) is 19.2. The van der Waals surface area contributed by atoms with Crippen LogP contribution in [0.1, 0.15) is 29.7 Å². The Morgan fingerprint density at radius 2 is 1.67 bits per heavy atom. The second-order valence-electron chi connectivity index (χ2n) is 4.61. The first-order valence-corrected chi connectivity index (χ1v) is 6.38. The van der Waals surface area contributed by atoms with Gasteiger partial charge in [0.15, 0.2) is 0 Å². The molecule has 1 nitrogen and oxygen atoms in total. The number of hydrogen-bond donors (Lipinski definition) is 0. The maximum absolute atomic E-state index is 4.59. The second kappa shape index (κ2) is 6.15. The minimum absolute atomic E-state index is 0.231. The van der Waals surface area contributed by atoms with Crippen molar-refractivity contribution in [2.75, 3.05) is 0 Å². The quantitative estimate of drug-likeness (QED) is 0.700. The van der Waals surface area contributed by atoms with Crippen molar-refractivity contribution in [3.05, 3.63) is 71.3 Å². The highest BCUT2D eigenvalue weighted by Gasteiger charge is 2.00. The molecule has 1 unspecified atom stereocenters. The summed E-state index contributed by atoms with van der Waals surface area (Å²) < 4.78 is 0. The third kappa shape index (κ3) is 3.56. The summed E-state index contributed by atoms with van der Waals surface area (Å²) in [6.07, 6.45) is 2.91. The van der Waals surface area contributed by atoms with E-state index in [9.17, 15) is 0 Å². The molecule has 18 heavy (non-hydrogen) atoms. The van der Waals surface area contributed by atoms with E-state index in [-0.39, 0.29) is 6.04 Å². The molecule has 0 aliphatic carbocycles. The summed E-state index contributed by atoms with van der Waals surface area (Å²) in [6.45, 7) is 4.24. The van der Waals surface area contributed by atoms with E-state index < -0.39 is 0 Å². The van der Waals surface area contributed by atoms with Gasteiger partial charge in [-0.05, 0) is 25.0 Å². The Labute approximate surface area is 109 Å². The molecule has 0 saturated carbocycles. The average Bonchev–Trinajstić information content (AvgIpc) is 2.40. The van der Waals surface area contributed by atoms with Gasteiger partial charge in [-0.2, -0.15) is 0 Å². The molecule has 0 spiro atoms. The minimum atomic E-state index is 0.231. The number of hydrogen-bond acceptors (Lipinski definition) is 1. The van der Waals surface area contributed by atoms with Crippen LogP contribution in [0.2, 0.25) is 0 Å². The SMILES string of the molecule is Cc1ccc(C(C)N=CCc2ccccc2)cc1. The Bertz CT molecular complexity index is 497. The standard InChI is InChI=1S/C17H19N/c1-14-8-10-17(11-9-14)15(2)18-13-12-16-6-4-3-5-7-16/h3-11,13,15H,12H2,1-2H3. The highest BCUT2D eigenvalue weighted by molar-refractivity contribution is 5.61. The lowest BCUT2D eigenvalue weighted by molar-refractivity contribution is 0.821. The maximum Gasteiger partial charge on any atom is 0.0717 e. The van der Waals surface area contributed by atoms with Crippen molar-refractivity contribution in [2.24, 2.45) is 4.99 Å². The fourth-order valence-electron chi connectivity index (χ4n) is 1.86. The summed E-state index contributed by atoms with van der Waals surface area (Å²) >= 11 is 0. The lowest BCUT2D eigenvalue weighted by Crippen LogP contribution is -1.92. The topological polar surface area (TPSA) is 12.4 Å². The molecule has 2 aromatic rings. The minimum Gasteiger partial charge on any atom is -0.289 e. The van der Waals surface area contributed by atoms with Crippen LogP contribution in [-0.4, -0.2) is 6.21 Å². The van der Waals surface area contributed by atoms with Gasteiger partial charge >= 0.3 is 0 Å². The van der Waals surface area contributed by atoms with Gasteiger partial charge in [-0.15, -0.1) is 0 Å².